The highest BCUT2D eigenvalue weighted by atomic mass is 32.2. The second-order valence-corrected chi connectivity index (χ2v) is 8.01. The number of sulfonamides is 1. The van der Waals surface area contributed by atoms with Gasteiger partial charge in [-0.2, -0.15) is 0 Å². The summed E-state index contributed by atoms with van der Waals surface area (Å²) in [4.78, 5) is 10.2. The van der Waals surface area contributed by atoms with E-state index in [1.54, 1.807) is 11.3 Å². The van der Waals surface area contributed by atoms with Crippen molar-refractivity contribution in [3.05, 3.63) is 15.6 Å². The average molecular weight is 348 g/mol. The van der Waals surface area contributed by atoms with Crippen molar-refractivity contribution >= 4 is 27.3 Å². The largest absolute Gasteiger partial charge is 0.357 e. The van der Waals surface area contributed by atoms with E-state index in [-0.39, 0.29) is 0 Å². The van der Waals surface area contributed by atoms with E-state index in [0.717, 1.165) is 23.5 Å². The highest BCUT2D eigenvalue weighted by molar-refractivity contribution is 7.88. The number of aliphatic imine (C=N–C) groups is 1. The van der Waals surface area contributed by atoms with E-state index in [1.807, 2.05) is 13.8 Å². The van der Waals surface area contributed by atoms with Crippen molar-refractivity contribution in [1.29, 1.82) is 0 Å². The predicted octanol–water partition coefficient (Wildman–Crippen LogP) is 0.754. The van der Waals surface area contributed by atoms with Gasteiger partial charge in [-0.05, 0) is 27.2 Å². The summed E-state index contributed by atoms with van der Waals surface area (Å²) in [5.74, 6) is 0.715. The van der Waals surface area contributed by atoms with Crippen LogP contribution in [0.4, 0.5) is 0 Å². The maximum Gasteiger partial charge on any atom is 0.208 e. The van der Waals surface area contributed by atoms with Gasteiger partial charge in [0.05, 0.1) is 18.5 Å². The number of guanidine groups is 1. The molecule has 1 aromatic heterocycles. The van der Waals surface area contributed by atoms with E-state index in [9.17, 15) is 8.42 Å². The molecular formula is C13H25N5O2S2. The smallest absolute Gasteiger partial charge is 0.208 e. The highest BCUT2D eigenvalue weighted by Gasteiger charge is 2.04. The number of nitrogens with zero attached hydrogens (tertiary/aromatic N) is 2. The molecular weight excluding hydrogens is 322 g/mol. The van der Waals surface area contributed by atoms with Crippen LogP contribution in [0.15, 0.2) is 4.99 Å². The van der Waals surface area contributed by atoms with E-state index in [1.165, 1.54) is 4.88 Å². The molecule has 9 heteroatoms. The number of rotatable bonds is 8. The molecule has 0 radical (unpaired) electrons. The van der Waals surface area contributed by atoms with Gasteiger partial charge in [0.25, 0.3) is 0 Å². The lowest BCUT2D eigenvalue weighted by molar-refractivity contribution is 0.584. The topological polar surface area (TPSA) is 95.5 Å². The van der Waals surface area contributed by atoms with Crippen molar-refractivity contribution in [1.82, 2.24) is 20.3 Å². The fourth-order valence-corrected chi connectivity index (χ4v) is 3.02. The van der Waals surface area contributed by atoms with Gasteiger partial charge in [0.15, 0.2) is 5.96 Å². The average Bonchev–Trinajstić information content (AvgIpc) is 2.73. The molecule has 126 valence electrons. The number of hydrogen-bond acceptors (Lipinski definition) is 5. The Bertz CT molecular complexity index is 576. The fourth-order valence-electron chi connectivity index (χ4n) is 1.65. The highest BCUT2D eigenvalue weighted by Crippen LogP contribution is 2.16. The van der Waals surface area contributed by atoms with E-state index in [0.29, 0.717) is 32.0 Å². The lowest BCUT2D eigenvalue weighted by atomic mass is 10.4. The Kier molecular flexibility index (Phi) is 7.77. The Hall–Kier alpha value is -1.19. The van der Waals surface area contributed by atoms with Crippen LogP contribution in [-0.4, -0.2) is 45.3 Å². The quantitative estimate of drug-likeness (QED) is 0.366. The number of thiazole rings is 1. The van der Waals surface area contributed by atoms with Gasteiger partial charge < -0.3 is 10.6 Å². The van der Waals surface area contributed by atoms with Gasteiger partial charge in [0.1, 0.15) is 5.01 Å². The lowest BCUT2D eigenvalue weighted by Crippen LogP contribution is -2.38. The summed E-state index contributed by atoms with van der Waals surface area (Å²) in [7, 11) is -3.11. The predicted molar refractivity (Wildman–Crippen MR) is 91.9 cm³/mol. The van der Waals surface area contributed by atoms with E-state index in [2.05, 4.69) is 32.3 Å². The van der Waals surface area contributed by atoms with Crippen molar-refractivity contribution in [3.8, 4) is 0 Å². The van der Waals surface area contributed by atoms with Crippen LogP contribution in [0.1, 0.15) is 28.9 Å². The van der Waals surface area contributed by atoms with Crippen LogP contribution in [0.3, 0.4) is 0 Å². The maximum atomic E-state index is 10.9. The Labute approximate surface area is 136 Å². The van der Waals surface area contributed by atoms with Gasteiger partial charge >= 0.3 is 0 Å². The zero-order valence-electron chi connectivity index (χ0n) is 13.6. The van der Waals surface area contributed by atoms with Gasteiger partial charge in [-0.3, -0.25) is 0 Å². The van der Waals surface area contributed by atoms with Gasteiger partial charge in [0, 0.05) is 24.5 Å². The number of aryl methyl sites for hydroxylation is 2. The molecule has 0 aliphatic carbocycles. The lowest BCUT2D eigenvalue weighted by Gasteiger charge is -2.10. The molecule has 0 fully saturated rings. The van der Waals surface area contributed by atoms with Crippen LogP contribution < -0.4 is 15.4 Å². The third-order valence-electron chi connectivity index (χ3n) is 2.80. The Morgan fingerprint density at radius 1 is 1.27 bits per heavy atom. The summed E-state index contributed by atoms with van der Waals surface area (Å²) in [6, 6.07) is 0. The van der Waals surface area contributed by atoms with Crippen molar-refractivity contribution in [2.24, 2.45) is 4.99 Å². The summed E-state index contributed by atoms with van der Waals surface area (Å²) < 4.78 is 24.4. The summed E-state index contributed by atoms with van der Waals surface area (Å²) in [6.07, 6.45) is 1.84. The molecule has 0 saturated carbocycles. The normalized spacial score (nSPS) is 12.5. The molecule has 1 heterocycles. The molecule has 7 nitrogen and oxygen atoms in total. The summed E-state index contributed by atoms with van der Waals surface area (Å²) in [5, 5.41) is 7.33. The SMILES string of the molecule is CCNC(=NCc1nc(C)c(C)s1)NCCCNS(C)(=O)=O. The minimum Gasteiger partial charge on any atom is -0.357 e. The van der Waals surface area contributed by atoms with Gasteiger partial charge in [-0.15, -0.1) is 11.3 Å². The van der Waals surface area contributed by atoms with Gasteiger partial charge in [0.2, 0.25) is 10.0 Å². The molecule has 0 amide bonds. The van der Waals surface area contributed by atoms with Gasteiger partial charge in [-0.25, -0.2) is 23.1 Å². The monoisotopic (exact) mass is 347 g/mol. The second-order valence-electron chi connectivity index (χ2n) is 4.89. The molecule has 0 aromatic carbocycles. The summed E-state index contributed by atoms with van der Waals surface area (Å²) in [6.45, 7) is 8.41. The molecule has 22 heavy (non-hydrogen) atoms. The Morgan fingerprint density at radius 3 is 2.55 bits per heavy atom. The molecule has 3 N–H and O–H groups in total. The first-order chi connectivity index (χ1) is 10.3. The van der Waals surface area contributed by atoms with Crippen LogP contribution in [0.25, 0.3) is 0 Å². The maximum absolute atomic E-state index is 10.9. The first kappa shape index (κ1) is 18.9. The van der Waals surface area contributed by atoms with E-state index >= 15 is 0 Å². The van der Waals surface area contributed by atoms with Crippen molar-refractivity contribution in [3.63, 3.8) is 0 Å². The van der Waals surface area contributed by atoms with Gasteiger partial charge in [-0.1, -0.05) is 0 Å². The standard InChI is InChI=1S/C13H25N5O2S2/c1-5-14-13(15-7-6-8-17-22(4,19)20)16-9-12-18-10(2)11(3)21-12/h17H,5-9H2,1-4H3,(H2,14,15,16). The third kappa shape index (κ3) is 7.71. The Morgan fingerprint density at radius 2 is 2.00 bits per heavy atom. The number of hydrogen-bond donors (Lipinski definition) is 3. The second kappa shape index (κ2) is 9.06. The summed E-state index contributed by atoms with van der Waals surface area (Å²) in [5.41, 5.74) is 1.06. The Balaban J connectivity index is 2.42. The van der Waals surface area contributed by atoms with Crippen LogP contribution in [0.2, 0.25) is 0 Å². The first-order valence-corrected chi connectivity index (χ1v) is 9.92. The molecule has 0 spiro atoms. The van der Waals surface area contributed by atoms with Crippen LogP contribution in [0.5, 0.6) is 0 Å². The number of aromatic nitrogens is 1. The molecule has 0 aliphatic heterocycles. The molecule has 0 bridgehead atoms. The molecule has 1 aromatic rings. The van der Waals surface area contributed by atoms with Crippen molar-refractivity contribution in [2.45, 2.75) is 33.7 Å². The van der Waals surface area contributed by atoms with Crippen LogP contribution in [0, 0.1) is 13.8 Å². The van der Waals surface area contributed by atoms with Crippen molar-refractivity contribution < 1.29 is 8.42 Å². The third-order valence-corrected chi connectivity index (χ3v) is 4.59. The number of nitrogens with one attached hydrogen (secondary N) is 3. The minimum atomic E-state index is -3.11. The van der Waals surface area contributed by atoms with Crippen LogP contribution in [-0.2, 0) is 16.6 Å². The fraction of sp³-hybridized carbons (Fsp3) is 0.692. The van der Waals surface area contributed by atoms with Crippen molar-refractivity contribution in [2.75, 3.05) is 25.9 Å². The molecule has 0 aliphatic rings. The molecule has 0 saturated heterocycles. The summed E-state index contributed by atoms with van der Waals surface area (Å²) >= 11 is 1.66. The molecule has 1 rings (SSSR count). The van der Waals surface area contributed by atoms with Crippen LogP contribution >= 0.6 is 11.3 Å². The molecule has 0 unspecified atom stereocenters. The van der Waals surface area contributed by atoms with E-state index in [4.69, 9.17) is 0 Å². The zero-order valence-corrected chi connectivity index (χ0v) is 15.2. The first-order valence-electron chi connectivity index (χ1n) is 7.21. The zero-order chi connectivity index (χ0) is 16.6. The van der Waals surface area contributed by atoms with E-state index < -0.39 is 10.0 Å². The minimum absolute atomic E-state index is 0.413. The molecule has 0 atom stereocenters.